The van der Waals surface area contributed by atoms with Crippen LogP contribution < -0.4 is 0 Å². The van der Waals surface area contributed by atoms with Crippen LogP contribution in [0.3, 0.4) is 0 Å². The summed E-state index contributed by atoms with van der Waals surface area (Å²) in [5, 5.41) is 3.73. The molecule has 4 nitrogen and oxygen atoms in total. The molecule has 0 aliphatic rings. The van der Waals surface area contributed by atoms with E-state index in [1.807, 2.05) is 0 Å². The van der Waals surface area contributed by atoms with Crippen molar-refractivity contribution in [2.24, 2.45) is 0 Å². The zero-order chi connectivity index (χ0) is 13.3. The van der Waals surface area contributed by atoms with Crippen molar-refractivity contribution in [2.45, 2.75) is 6.92 Å². The summed E-state index contributed by atoms with van der Waals surface area (Å²) in [5.74, 6) is -2.11. The minimum Gasteiger partial charge on any atom is -0.298 e. The maximum Gasteiger partial charge on any atom is 0.180 e. The van der Waals surface area contributed by atoms with E-state index in [1.165, 1.54) is 13.0 Å². The van der Waals surface area contributed by atoms with E-state index in [-0.39, 0.29) is 11.3 Å². The molecular formula is C12H8F2N2O2. The van der Waals surface area contributed by atoms with Crippen LogP contribution in [-0.4, -0.2) is 21.8 Å². The zero-order valence-corrected chi connectivity index (χ0v) is 9.35. The Kier molecular flexibility index (Phi) is 3.01. The molecule has 2 aromatic rings. The molecule has 0 aliphatic heterocycles. The summed E-state index contributed by atoms with van der Waals surface area (Å²) in [7, 11) is 0. The summed E-state index contributed by atoms with van der Waals surface area (Å²) in [6, 6.07) is 3.34. The minimum atomic E-state index is -0.829. The van der Waals surface area contributed by atoms with E-state index >= 15 is 0 Å². The second-order valence-corrected chi connectivity index (χ2v) is 3.62. The fourth-order valence-corrected chi connectivity index (χ4v) is 1.57. The van der Waals surface area contributed by atoms with Gasteiger partial charge in [0.2, 0.25) is 0 Å². The number of aromatic nitrogens is 2. The topological polar surface area (TPSA) is 52.0 Å². The van der Waals surface area contributed by atoms with Gasteiger partial charge in [0.05, 0.1) is 5.56 Å². The highest BCUT2D eigenvalue weighted by Crippen LogP contribution is 2.18. The molecule has 0 saturated carbocycles. The predicted octanol–water partition coefficient (Wildman–Crippen LogP) is 2.17. The number of rotatable bonds is 3. The summed E-state index contributed by atoms with van der Waals surface area (Å²) in [6.07, 6.45) is 1.53. The Morgan fingerprint density at radius 1 is 1.33 bits per heavy atom. The molecule has 1 heterocycles. The van der Waals surface area contributed by atoms with Gasteiger partial charge in [-0.25, -0.2) is 13.5 Å². The summed E-state index contributed by atoms with van der Waals surface area (Å²) in [5.41, 5.74) is -0.550. The Balaban J connectivity index is 2.65. The first-order chi connectivity index (χ1) is 8.54. The fraction of sp³-hybridized carbons (Fsp3) is 0.0833. The largest absolute Gasteiger partial charge is 0.298 e. The van der Waals surface area contributed by atoms with Crippen LogP contribution in [0.25, 0.3) is 5.69 Å². The number of hydrogen-bond acceptors (Lipinski definition) is 3. The molecule has 0 atom stereocenters. The summed E-state index contributed by atoms with van der Waals surface area (Å²) in [4.78, 5) is 22.0. The van der Waals surface area contributed by atoms with Gasteiger partial charge in [-0.3, -0.25) is 9.59 Å². The molecule has 0 fully saturated rings. The lowest BCUT2D eigenvalue weighted by Gasteiger charge is -2.03. The number of hydrogen-bond donors (Lipinski definition) is 0. The third-order valence-electron chi connectivity index (χ3n) is 2.37. The van der Waals surface area contributed by atoms with Crippen molar-refractivity contribution in [3.05, 3.63) is 47.3 Å². The molecule has 92 valence electrons. The number of halogens is 2. The van der Waals surface area contributed by atoms with Gasteiger partial charge in [0.15, 0.2) is 23.7 Å². The van der Waals surface area contributed by atoms with E-state index in [0.29, 0.717) is 6.29 Å². The summed E-state index contributed by atoms with van der Waals surface area (Å²) >= 11 is 0. The lowest BCUT2D eigenvalue weighted by atomic mass is 10.2. The quantitative estimate of drug-likeness (QED) is 0.619. The van der Waals surface area contributed by atoms with E-state index in [9.17, 15) is 18.4 Å². The van der Waals surface area contributed by atoms with E-state index < -0.39 is 23.1 Å². The Labute approximate surface area is 101 Å². The Bertz CT molecular complexity index is 615. The Morgan fingerprint density at radius 3 is 2.39 bits per heavy atom. The molecule has 0 amide bonds. The highest BCUT2D eigenvalue weighted by Gasteiger charge is 2.17. The number of nitrogens with zero attached hydrogens (tertiary/aromatic N) is 2. The maximum atomic E-state index is 13.5. The van der Waals surface area contributed by atoms with Crippen LogP contribution in [-0.2, 0) is 0 Å². The van der Waals surface area contributed by atoms with E-state index in [0.717, 1.165) is 23.0 Å². The number of carbonyl (C=O) groups excluding carboxylic acids is 2. The molecule has 0 N–H and O–H groups in total. The number of aldehydes is 1. The monoisotopic (exact) mass is 250 g/mol. The first-order valence-corrected chi connectivity index (χ1v) is 5.04. The van der Waals surface area contributed by atoms with Crippen LogP contribution >= 0.6 is 0 Å². The molecule has 0 unspecified atom stereocenters. The molecule has 6 heteroatoms. The second kappa shape index (κ2) is 4.48. The lowest BCUT2D eigenvalue weighted by Crippen LogP contribution is -2.04. The lowest BCUT2D eigenvalue weighted by molar-refractivity contribution is 0.100. The molecular weight excluding hydrogens is 242 g/mol. The van der Waals surface area contributed by atoms with Crippen molar-refractivity contribution in [3.8, 4) is 5.69 Å². The summed E-state index contributed by atoms with van der Waals surface area (Å²) in [6.45, 7) is 1.22. The molecule has 18 heavy (non-hydrogen) atoms. The average Bonchev–Trinajstić information content (AvgIpc) is 2.73. The van der Waals surface area contributed by atoms with Crippen molar-refractivity contribution >= 4 is 12.1 Å². The van der Waals surface area contributed by atoms with Crippen molar-refractivity contribution < 1.29 is 18.4 Å². The van der Waals surface area contributed by atoms with Gasteiger partial charge in [0.1, 0.15) is 11.4 Å². The van der Waals surface area contributed by atoms with Crippen molar-refractivity contribution in [1.29, 1.82) is 0 Å². The van der Waals surface area contributed by atoms with Crippen molar-refractivity contribution in [1.82, 2.24) is 9.78 Å². The van der Waals surface area contributed by atoms with Gasteiger partial charge in [-0.15, -0.1) is 0 Å². The van der Waals surface area contributed by atoms with Gasteiger partial charge in [0.25, 0.3) is 0 Å². The van der Waals surface area contributed by atoms with Gasteiger partial charge in [-0.1, -0.05) is 6.07 Å². The maximum absolute atomic E-state index is 13.5. The first kappa shape index (κ1) is 12.1. The molecule has 0 spiro atoms. The third kappa shape index (κ3) is 1.92. The minimum absolute atomic E-state index is 0.00912. The number of Topliss-reactive ketones (excluding diaryl/α,β-unsaturated/α-hetero) is 1. The molecule has 1 aromatic heterocycles. The van der Waals surface area contributed by atoms with Crippen LogP contribution in [0.5, 0.6) is 0 Å². The van der Waals surface area contributed by atoms with Crippen LogP contribution in [0.1, 0.15) is 27.8 Å². The molecule has 0 radical (unpaired) electrons. The highest BCUT2D eigenvalue weighted by atomic mass is 19.1. The van der Waals surface area contributed by atoms with E-state index in [4.69, 9.17) is 0 Å². The van der Waals surface area contributed by atoms with Crippen LogP contribution in [0.4, 0.5) is 8.78 Å². The molecule has 2 rings (SSSR count). The standard InChI is InChI=1S/C12H8F2N2O2/c1-7(18)11-8(6-17)5-16(15-11)12-9(13)3-2-4-10(12)14/h2-6H,1H3. The van der Waals surface area contributed by atoms with E-state index in [2.05, 4.69) is 5.10 Å². The molecule has 0 saturated heterocycles. The number of ketones is 1. The van der Waals surface area contributed by atoms with Gasteiger partial charge in [-0.2, -0.15) is 5.10 Å². The van der Waals surface area contributed by atoms with Gasteiger partial charge in [-0.05, 0) is 12.1 Å². The fourth-order valence-electron chi connectivity index (χ4n) is 1.57. The Hall–Kier alpha value is -2.37. The Morgan fingerprint density at radius 2 is 1.94 bits per heavy atom. The number of para-hydroxylation sites is 1. The van der Waals surface area contributed by atoms with Crippen LogP contribution in [0.2, 0.25) is 0 Å². The third-order valence-corrected chi connectivity index (χ3v) is 2.37. The average molecular weight is 250 g/mol. The van der Waals surface area contributed by atoms with Crippen molar-refractivity contribution in [3.63, 3.8) is 0 Å². The van der Waals surface area contributed by atoms with Crippen molar-refractivity contribution in [2.75, 3.05) is 0 Å². The normalized spacial score (nSPS) is 10.4. The zero-order valence-electron chi connectivity index (χ0n) is 9.35. The first-order valence-electron chi connectivity index (χ1n) is 5.04. The number of benzene rings is 1. The van der Waals surface area contributed by atoms with Gasteiger partial charge < -0.3 is 0 Å². The predicted molar refractivity (Wildman–Crippen MR) is 58.9 cm³/mol. The summed E-state index contributed by atoms with van der Waals surface area (Å²) < 4.78 is 27.9. The van der Waals surface area contributed by atoms with Crippen LogP contribution in [0, 0.1) is 11.6 Å². The van der Waals surface area contributed by atoms with E-state index in [1.54, 1.807) is 0 Å². The number of carbonyl (C=O) groups is 2. The second-order valence-electron chi connectivity index (χ2n) is 3.62. The molecule has 1 aromatic carbocycles. The smallest absolute Gasteiger partial charge is 0.180 e. The van der Waals surface area contributed by atoms with Crippen LogP contribution in [0.15, 0.2) is 24.4 Å². The molecule has 0 bridgehead atoms. The van der Waals surface area contributed by atoms with Gasteiger partial charge in [0, 0.05) is 13.1 Å². The SMILES string of the molecule is CC(=O)c1nn(-c2c(F)cccc2F)cc1C=O. The van der Waals surface area contributed by atoms with Gasteiger partial charge >= 0.3 is 0 Å². The highest BCUT2D eigenvalue weighted by molar-refractivity contribution is 5.99. The molecule has 0 aliphatic carbocycles.